The molecule has 3 atom stereocenters. The number of carbonyl (C=O) groups excluding carboxylic acids is 1. The summed E-state index contributed by atoms with van der Waals surface area (Å²) in [7, 11) is 0. The molecule has 0 aliphatic rings. The molecule has 0 spiro atoms. The average molecular weight is 212 g/mol. The molecule has 86 valence electrons. The van der Waals surface area contributed by atoms with Gasteiger partial charge < -0.3 is 35.4 Å². The Morgan fingerprint density at radius 3 is 1.64 bits per heavy atom. The first-order valence-corrected chi connectivity index (χ1v) is 3.87. The van der Waals surface area contributed by atoms with Crippen LogP contribution in [0.3, 0.4) is 0 Å². The Bertz CT molecular complexity index is 127. The molecule has 0 heterocycles. The highest BCUT2D eigenvalue weighted by Gasteiger charge is 2.22. The van der Waals surface area contributed by atoms with Gasteiger partial charge in [0, 0.05) is 0 Å². The maximum atomic E-state index is 9.76. The molecule has 0 saturated carbocycles. The fourth-order valence-electron chi connectivity index (χ4n) is 0.416. The molecule has 3 unspecified atom stereocenters. The molecule has 0 aliphatic carbocycles. The van der Waals surface area contributed by atoms with Crippen molar-refractivity contribution in [1.29, 1.82) is 0 Å². The van der Waals surface area contributed by atoms with Gasteiger partial charge in [-0.05, 0) is 0 Å². The Hall–Kier alpha value is -0.570. The summed E-state index contributed by atoms with van der Waals surface area (Å²) in [5, 5.41) is 49.3. The zero-order chi connectivity index (χ0) is 11.6. The van der Waals surface area contributed by atoms with Crippen molar-refractivity contribution in [3.8, 4) is 0 Å². The number of aldehydes is 1. The van der Waals surface area contributed by atoms with Crippen LogP contribution in [0, 0.1) is 0 Å². The van der Waals surface area contributed by atoms with E-state index in [9.17, 15) is 4.79 Å². The first-order valence-electron chi connectivity index (χ1n) is 3.87. The number of hydrogen-bond acceptors (Lipinski definition) is 7. The summed E-state index contributed by atoms with van der Waals surface area (Å²) >= 11 is 0. The summed E-state index contributed by atoms with van der Waals surface area (Å²) in [6.07, 6.45) is -4.63. The number of hydrogen-bond donors (Lipinski definition) is 6. The molecular formula is C7H16O7. The van der Waals surface area contributed by atoms with Crippen molar-refractivity contribution < 1.29 is 35.4 Å². The topological polar surface area (TPSA) is 138 Å². The summed E-state index contributed by atoms with van der Waals surface area (Å²) in [5.41, 5.74) is 0. The molecule has 0 aromatic carbocycles. The summed E-state index contributed by atoms with van der Waals surface area (Å²) in [6.45, 7) is -0.938. The summed E-state index contributed by atoms with van der Waals surface area (Å²) in [6, 6.07) is 0. The van der Waals surface area contributed by atoms with E-state index in [0.29, 0.717) is 0 Å². The van der Waals surface area contributed by atoms with Crippen molar-refractivity contribution in [2.24, 2.45) is 0 Å². The van der Waals surface area contributed by atoms with Crippen LogP contribution in [0.25, 0.3) is 0 Å². The molecule has 0 aliphatic heterocycles. The monoisotopic (exact) mass is 212 g/mol. The van der Waals surface area contributed by atoms with Gasteiger partial charge in [-0.25, -0.2) is 0 Å². The maximum Gasteiger partial charge on any atom is 0.151 e. The van der Waals surface area contributed by atoms with E-state index in [0.717, 1.165) is 0 Å². The molecular weight excluding hydrogens is 196 g/mol. The molecule has 6 N–H and O–H groups in total. The largest absolute Gasteiger partial charge is 0.394 e. The lowest BCUT2D eigenvalue weighted by atomic mass is 10.1. The van der Waals surface area contributed by atoms with E-state index < -0.39 is 24.9 Å². The second-order valence-corrected chi connectivity index (χ2v) is 2.31. The molecule has 0 fully saturated rings. The lowest BCUT2D eigenvalue weighted by Gasteiger charge is -2.16. The molecule has 0 aromatic rings. The predicted octanol–water partition coefficient (Wildman–Crippen LogP) is -3.77. The van der Waals surface area contributed by atoms with Gasteiger partial charge >= 0.3 is 0 Å². The number of aliphatic hydroxyl groups is 6. The third kappa shape index (κ3) is 8.05. The lowest BCUT2D eigenvalue weighted by molar-refractivity contribution is -0.127. The number of carbonyl (C=O) groups is 1. The van der Waals surface area contributed by atoms with Crippen molar-refractivity contribution in [1.82, 2.24) is 0 Å². The zero-order valence-electron chi connectivity index (χ0n) is 7.52. The molecule has 0 aromatic heterocycles. The van der Waals surface area contributed by atoms with Crippen LogP contribution in [0.4, 0.5) is 0 Å². The summed E-state index contributed by atoms with van der Waals surface area (Å²) < 4.78 is 0. The van der Waals surface area contributed by atoms with Crippen LogP contribution in [0.1, 0.15) is 0 Å². The van der Waals surface area contributed by atoms with Crippen molar-refractivity contribution in [2.45, 2.75) is 18.3 Å². The Morgan fingerprint density at radius 2 is 1.43 bits per heavy atom. The average Bonchev–Trinajstić information content (AvgIpc) is 2.26. The van der Waals surface area contributed by atoms with E-state index in [1.165, 1.54) is 0 Å². The van der Waals surface area contributed by atoms with E-state index in [1.54, 1.807) is 0 Å². The number of aliphatic hydroxyl groups excluding tert-OH is 6. The Kier molecular flexibility index (Phi) is 11.9. The third-order valence-corrected chi connectivity index (χ3v) is 1.17. The predicted molar refractivity (Wildman–Crippen MR) is 45.3 cm³/mol. The summed E-state index contributed by atoms with van der Waals surface area (Å²) in [4.78, 5) is 9.76. The standard InChI is InChI=1S/C5H10O5.C2H6O2/c6-1-3(8)5(10)4(9)2-7;3-1-2-4/h1,3-5,7-10H,2H2;3-4H,1-2H2. The van der Waals surface area contributed by atoms with Gasteiger partial charge in [0.1, 0.15) is 18.3 Å². The third-order valence-electron chi connectivity index (χ3n) is 1.17. The molecule has 14 heavy (non-hydrogen) atoms. The van der Waals surface area contributed by atoms with Gasteiger partial charge in [-0.15, -0.1) is 0 Å². The van der Waals surface area contributed by atoms with Crippen molar-refractivity contribution in [3.63, 3.8) is 0 Å². The highest BCUT2D eigenvalue weighted by atomic mass is 16.4. The van der Waals surface area contributed by atoms with Crippen LogP contribution in [-0.2, 0) is 4.79 Å². The minimum absolute atomic E-state index is 0.0869. The number of rotatable bonds is 5. The highest BCUT2D eigenvalue weighted by molar-refractivity contribution is 5.56. The van der Waals surface area contributed by atoms with Crippen molar-refractivity contribution >= 4 is 6.29 Å². The quantitative estimate of drug-likeness (QED) is 0.257. The van der Waals surface area contributed by atoms with E-state index in [1.807, 2.05) is 0 Å². The molecule has 0 bridgehead atoms. The Morgan fingerprint density at radius 1 is 1.00 bits per heavy atom. The summed E-state index contributed by atoms with van der Waals surface area (Å²) in [5.74, 6) is 0. The zero-order valence-corrected chi connectivity index (χ0v) is 7.52. The first kappa shape index (κ1) is 15.9. The van der Waals surface area contributed by atoms with Gasteiger partial charge in [-0.2, -0.15) is 0 Å². The van der Waals surface area contributed by atoms with E-state index in [-0.39, 0.29) is 19.5 Å². The second kappa shape index (κ2) is 10.5. The van der Waals surface area contributed by atoms with Gasteiger partial charge in [-0.1, -0.05) is 0 Å². The Labute approximate surface area is 80.9 Å². The minimum atomic E-state index is -1.64. The molecule has 0 amide bonds. The van der Waals surface area contributed by atoms with Crippen LogP contribution < -0.4 is 0 Å². The van der Waals surface area contributed by atoms with Gasteiger partial charge in [0.15, 0.2) is 6.29 Å². The fourth-order valence-corrected chi connectivity index (χ4v) is 0.416. The normalized spacial score (nSPS) is 16.1. The lowest BCUT2D eigenvalue weighted by Crippen LogP contribution is -2.40. The van der Waals surface area contributed by atoms with Crippen LogP contribution in [0.5, 0.6) is 0 Å². The molecule has 0 saturated heterocycles. The Balaban J connectivity index is 0. The highest BCUT2D eigenvalue weighted by Crippen LogP contribution is 1.96. The van der Waals surface area contributed by atoms with Crippen LogP contribution in [-0.4, -0.2) is 75.1 Å². The van der Waals surface area contributed by atoms with Gasteiger partial charge in [0.25, 0.3) is 0 Å². The SMILES string of the molecule is O=CC(O)C(O)C(O)CO.OCCO. The molecule has 0 radical (unpaired) electrons. The van der Waals surface area contributed by atoms with Crippen LogP contribution in [0.2, 0.25) is 0 Å². The van der Waals surface area contributed by atoms with Gasteiger partial charge in [-0.3, -0.25) is 0 Å². The first-order chi connectivity index (χ1) is 6.54. The molecule has 7 heteroatoms. The molecule has 0 rings (SSSR count). The second-order valence-electron chi connectivity index (χ2n) is 2.31. The van der Waals surface area contributed by atoms with E-state index >= 15 is 0 Å². The van der Waals surface area contributed by atoms with Crippen LogP contribution >= 0.6 is 0 Å². The van der Waals surface area contributed by atoms with Crippen LogP contribution in [0.15, 0.2) is 0 Å². The van der Waals surface area contributed by atoms with E-state index in [2.05, 4.69) is 0 Å². The van der Waals surface area contributed by atoms with Crippen molar-refractivity contribution in [2.75, 3.05) is 19.8 Å². The smallest absolute Gasteiger partial charge is 0.151 e. The van der Waals surface area contributed by atoms with E-state index in [4.69, 9.17) is 30.6 Å². The van der Waals surface area contributed by atoms with Gasteiger partial charge in [0.2, 0.25) is 0 Å². The van der Waals surface area contributed by atoms with Gasteiger partial charge in [0.05, 0.1) is 19.8 Å². The van der Waals surface area contributed by atoms with Crippen molar-refractivity contribution in [3.05, 3.63) is 0 Å². The minimum Gasteiger partial charge on any atom is -0.394 e. The fraction of sp³-hybridized carbons (Fsp3) is 0.857. The molecule has 7 nitrogen and oxygen atoms in total. The maximum absolute atomic E-state index is 9.76.